The van der Waals surface area contributed by atoms with Crippen LogP contribution in [0.4, 0.5) is 4.39 Å². The summed E-state index contributed by atoms with van der Waals surface area (Å²) in [4.78, 5) is 11.5. The number of hydrogen-bond donors (Lipinski definition) is 0. The first kappa shape index (κ1) is 22.7. The number of nitrogens with zero attached hydrogens (tertiary/aromatic N) is 1. The van der Waals surface area contributed by atoms with Crippen LogP contribution in [0.3, 0.4) is 0 Å². The summed E-state index contributed by atoms with van der Waals surface area (Å²) < 4.78 is 34.9. The molecule has 0 radical (unpaired) electrons. The number of halogens is 2. The molecule has 31 heavy (non-hydrogen) atoms. The molecular weight excluding hydrogens is 425 g/mol. The molecule has 1 aromatic heterocycles. The van der Waals surface area contributed by atoms with E-state index in [1.54, 1.807) is 0 Å². The van der Waals surface area contributed by atoms with Gasteiger partial charge in [-0.25, -0.2) is 4.39 Å². The lowest BCUT2D eigenvalue weighted by Crippen LogP contribution is -2.12. The average Bonchev–Trinajstić information content (AvgIpc) is 3.21. The molecule has 0 bridgehead atoms. The van der Waals surface area contributed by atoms with Crippen molar-refractivity contribution in [3.63, 3.8) is 0 Å². The normalized spacial score (nSPS) is 14.3. The van der Waals surface area contributed by atoms with Gasteiger partial charge in [0.2, 0.25) is 0 Å². The highest BCUT2D eigenvalue weighted by atomic mass is 35.5. The van der Waals surface area contributed by atoms with Crippen molar-refractivity contribution in [2.45, 2.75) is 19.1 Å². The van der Waals surface area contributed by atoms with Gasteiger partial charge in [0, 0.05) is 22.8 Å². The Balaban J connectivity index is 0.000000210. The minimum absolute atomic E-state index is 0.197. The van der Waals surface area contributed by atoms with Gasteiger partial charge in [-0.15, -0.1) is 0 Å². The molecule has 0 saturated carbocycles. The second-order valence-corrected chi connectivity index (χ2v) is 7.09. The number of carbonyl (C=O) groups excluding carboxylic acids is 1. The van der Waals surface area contributed by atoms with Gasteiger partial charge < -0.3 is 23.5 Å². The summed E-state index contributed by atoms with van der Waals surface area (Å²) in [5, 5.41) is 0.674. The number of benzene rings is 2. The van der Waals surface area contributed by atoms with Gasteiger partial charge in [-0.3, -0.25) is 4.79 Å². The van der Waals surface area contributed by atoms with Crippen LogP contribution in [0.1, 0.15) is 23.8 Å². The molecule has 0 amide bonds. The average molecular weight is 448 g/mol. The molecule has 1 aliphatic heterocycles. The Labute approximate surface area is 185 Å². The molecule has 0 aliphatic carbocycles. The maximum Gasteiger partial charge on any atom is 0.308 e. The van der Waals surface area contributed by atoms with Crippen LogP contribution >= 0.6 is 11.6 Å². The van der Waals surface area contributed by atoms with E-state index < -0.39 is 0 Å². The van der Waals surface area contributed by atoms with Crippen molar-refractivity contribution in [2.24, 2.45) is 0 Å². The summed E-state index contributed by atoms with van der Waals surface area (Å²) >= 11 is 6.04. The second kappa shape index (κ2) is 10.3. The maximum atomic E-state index is 12.5. The van der Waals surface area contributed by atoms with E-state index in [4.69, 9.17) is 30.5 Å². The molecule has 8 heteroatoms. The Morgan fingerprint density at radius 3 is 2.61 bits per heavy atom. The lowest BCUT2D eigenvalue weighted by atomic mass is 10.1. The number of methoxy groups -OCH3 is 3. The van der Waals surface area contributed by atoms with E-state index in [0.717, 1.165) is 16.9 Å². The minimum atomic E-state index is -0.331. The third-order valence-corrected chi connectivity index (χ3v) is 5.01. The fraction of sp³-hybridized carbons (Fsp3) is 0.261. The Morgan fingerprint density at radius 1 is 1.13 bits per heavy atom. The van der Waals surface area contributed by atoms with Crippen molar-refractivity contribution in [3.05, 3.63) is 76.8 Å². The van der Waals surface area contributed by atoms with E-state index >= 15 is 0 Å². The molecule has 164 valence electrons. The monoisotopic (exact) mass is 447 g/mol. The van der Waals surface area contributed by atoms with Crippen LogP contribution < -0.4 is 9.47 Å². The first-order valence-corrected chi connectivity index (χ1v) is 9.86. The first-order chi connectivity index (χ1) is 15.0. The molecule has 0 fully saturated rings. The van der Waals surface area contributed by atoms with Gasteiger partial charge in [0.25, 0.3) is 0 Å². The summed E-state index contributed by atoms with van der Waals surface area (Å²) in [5.74, 6) is 0.329. The fourth-order valence-corrected chi connectivity index (χ4v) is 3.46. The zero-order valence-electron chi connectivity index (χ0n) is 17.4. The molecule has 0 saturated heterocycles. The van der Waals surface area contributed by atoms with Gasteiger partial charge in [-0.1, -0.05) is 11.6 Å². The van der Waals surface area contributed by atoms with E-state index in [1.165, 1.54) is 39.5 Å². The van der Waals surface area contributed by atoms with Gasteiger partial charge in [-0.2, -0.15) is 0 Å². The molecule has 2 heterocycles. The van der Waals surface area contributed by atoms with Crippen molar-refractivity contribution in [1.82, 2.24) is 4.57 Å². The van der Waals surface area contributed by atoms with Crippen molar-refractivity contribution in [1.29, 1.82) is 0 Å². The first-order valence-electron chi connectivity index (χ1n) is 9.48. The molecule has 3 aromatic rings. The Bertz CT molecular complexity index is 1050. The van der Waals surface area contributed by atoms with E-state index in [0.29, 0.717) is 23.1 Å². The van der Waals surface area contributed by atoms with Crippen LogP contribution in [0, 0.1) is 5.82 Å². The fourth-order valence-electron chi connectivity index (χ4n) is 3.26. The number of hydrogen-bond acceptors (Lipinski definition) is 5. The van der Waals surface area contributed by atoms with Crippen molar-refractivity contribution < 1.29 is 28.1 Å². The van der Waals surface area contributed by atoms with Crippen molar-refractivity contribution in [3.8, 4) is 17.2 Å². The van der Waals surface area contributed by atoms with E-state index in [2.05, 4.69) is 0 Å². The largest absolute Gasteiger partial charge is 0.493 e. The van der Waals surface area contributed by atoms with Crippen LogP contribution in [0.15, 0.2) is 54.7 Å². The van der Waals surface area contributed by atoms with Crippen molar-refractivity contribution in [2.75, 3.05) is 21.3 Å². The number of carbonyl (C=O) groups is 1. The number of fused-ring (bicyclic) bond motifs is 3. The molecule has 1 atom stereocenters. The number of esters is 1. The molecule has 4 rings (SSSR count). The Kier molecular flexibility index (Phi) is 7.55. The number of ether oxygens (including phenoxy) is 4. The molecule has 6 nitrogen and oxygen atoms in total. The Morgan fingerprint density at radius 2 is 1.90 bits per heavy atom. The summed E-state index contributed by atoms with van der Waals surface area (Å²) in [6.07, 6.45) is 1.84. The highest BCUT2D eigenvalue weighted by Gasteiger charge is 2.25. The third kappa shape index (κ3) is 5.37. The predicted molar refractivity (Wildman–Crippen MR) is 114 cm³/mol. The number of rotatable bonds is 4. The predicted octanol–water partition coefficient (Wildman–Crippen LogP) is 5.11. The summed E-state index contributed by atoms with van der Waals surface area (Å²) in [7, 11) is 4.36. The molecule has 1 aliphatic rings. The van der Waals surface area contributed by atoms with Crippen LogP contribution in [0.2, 0.25) is 5.02 Å². The van der Waals surface area contributed by atoms with E-state index in [-0.39, 0.29) is 24.3 Å². The zero-order valence-corrected chi connectivity index (χ0v) is 18.2. The molecule has 0 N–H and O–H groups in total. The smallest absolute Gasteiger partial charge is 0.308 e. The van der Waals surface area contributed by atoms with Crippen LogP contribution in [-0.4, -0.2) is 31.9 Å². The molecule has 0 spiro atoms. The van der Waals surface area contributed by atoms with Crippen molar-refractivity contribution >= 4 is 17.6 Å². The minimum Gasteiger partial charge on any atom is -0.493 e. The highest BCUT2D eigenvalue weighted by molar-refractivity contribution is 6.30. The van der Waals surface area contributed by atoms with Gasteiger partial charge >= 0.3 is 5.97 Å². The summed E-state index contributed by atoms with van der Waals surface area (Å²) in [6.45, 7) is 0.416. The van der Waals surface area contributed by atoms with Gasteiger partial charge in [0.15, 0.2) is 11.5 Å². The lowest BCUT2D eigenvalue weighted by Gasteiger charge is -2.15. The highest BCUT2D eigenvalue weighted by Crippen LogP contribution is 2.33. The summed E-state index contributed by atoms with van der Waals surface area (Å²) in [5.41, 5.74) is 2.97. The zero-order chi connectivity index (χ0) is 22.4. The molecule has 2 aromatic carbocycles. The molecular formula is C23H23ClFNO5. The summed E-state index contributed by atoms with van der Waals surface area (Å²) in [6, 6.07) is 13.7. The van der Waals surface area contributed by atoms with Gasteiger partial charge in [-0.05, 0) is 42.5 Å². The van der Waals surface area contributed by atoms with Crippen LogP contribution in [0.5, 0.6) is 11.5 Å². The Hall–Kier alpha value is -3.03. The molecule has 0 unspecified atom stereocenters. The maximum absolute atomic E-state index is 12.5. The standard InChI is InChI=1S/C15H14ClNO3.C8H9FO2/c1-19-15(18)8-14-13-3-2-6-17(13)12-5-4-11(16)7-10(12)9-20-14;1-10-7-4-3-6(9)5-8(7)11-2/h2-7,14H,8-9H2,1H3;3-5H,1-2H3/t14-;/m0./s1. The third-order valence-electron chi connectivity index (χ3n) is 4.78. The van der Waals surface area contributed by atoms with E-state index in [9.17, 15) is 9.18 Å². The topological polar surface area (TPSA) is 58.9 Å². The quantitative estimate of drug-likeness (QED) is 0.520. The van der Waals surface area contributed by atoms with E-state index in [1.807, 2.05) is 41.1 Å². The van der Waals surface area contributed by atoms with Gasteiger partial charge in [0.1, 0.15) is 11.9 Å². The van der Waals surface area contributed by atoms with Crippen LogP contribution in [0.25, 0.3) is 5.69 Å². The van der Waals surface area contributed by atoms with Gasteiger partial charge in [0.05, 0.1) is 45.7 Å². The number of aromatic nitrogens is 1. The van der Waals surface area contributed by atoms with Crippen LogP contribution in [-0.2, 0) is 20.9 Å². The lowest BCUT2D eigenvalue weighted by molar-refractivity contribution is -0.144. The second-order valence-electron chi connectivity index (χ2n) is 6.66. The SMILES string of the molecule is COC(=O)C[C@@H]1OCc2cc(Cl)ccc2-n2cccc21.COc1ccc(F)cc1OC.